The monoisotopic (exact) mass is 372 g/mol. The molecule has 0 aliphatic rings. The van der Waals surface area contributed by atoms with Crippen LogP contribution in [0.4, 0.5) is 5.69 Å². The summed E-state index contributed by atoms with van der Waals surface area (Å²) < 4.78 is 9.99. The van der Waals surface area contributed by atoms with Gasteiger partial charge in [-0.15, -0.1) is 0 Å². The van der Waals surface area contributed by atoms with E-state index in [4.69, 9.17) is 9.47 Å². The fourth-order valence-electron chi connectivity index (χ4n) is 2.69. The number of methoxy groups -OCH3 is 2. The van der Waals surface area contributed by atoms with Crippen LogP contribution in [0.15, 0.2) is 54.6 Å². The maximum Gasteiger partial charge on any atom is 0.328 e. The predicted molar refractivity (Wildman–Crippen MR) is 96.9 cm³/mol. The molecule has 1 amide bonds. The summed E-state index contributed by atoms with van der Waals surface area (Å²) in [5.41, 5.74) is 0.797. The minimum atomic E-state index is -1.09. The van der Waals surface area contributed by atoms with Gasteiger partial charge in [0.25, 0.3) is 11.6 Å². The maximum absolute atomic E-state index is 12.6. The molecule has 0 heterocycles. The van der Waals surface area contributed by atoms with Crippen LogP contribution in [0.3, 0.4) is 0 Å². The first-order valence-corrected chi connectivity index (χ1v) is 8.16. The summed E-state index contributed by atoms with van der Waals surface area (Å²) >= 11 is 0. The standard InChI is InChI=1S/C19H20N2O6/c1-26-17(13-8-4-3-5-9-13)18(22)20-15(19(23)27-2)12-14-10-6-7-11-16(14)21(24)25/h3-11,15,17H,12H2,1-2H3,(H,20,22)/t15-,17-/m1/s1. The summed E-state index contributed by atoms with van der Waals surface area (Å²) in [4.78, 5) is 35.4. The van der Waals surface area contributed by atoms with Gasteiger partial charge in [0.1, 0.15) is 6.04 Å². The van der Waals surface area contributed by atoms with Crippen LogP contribution in [0.25, 0.3) is 0 Å². The van der Waals surface area contributed by atoms with Gasteiger partial charge in [-0.2, -0.15) is 0 Å². The number of carbonyl (C=O) groups is 2. The second-order valence-corrected chi connectivity index (χ2v) is 5.70. The summed E-state index contributed by atoms with van der Waals surface area (Å²) in [6.45, 7) is 0. The van der Waals surface area contributed by atoms with E-state index in [1.807, 2.05) is 0 Å². The second-order valence-electron chi connectivity index (χ2n) is 5.70. The van der Waals surface area contributed by atoms with Crippen molar-refractivity contribution in [2.75, 3.05) is 14.2 Å². The fourth-order valence-corrected chi connectivity index (χ4v) is 2.69. The van der Waals surface area contributed by atoms with Crippen molar-refractivity contribution in [2.24, 2.45) is 0 Å². The molecule has 0 aromatic heterocycles. The summed E-state index contributed by atoms with van der Waals surface area (Å²) in [6.07, 6.45) is -1.01. The van der Waals surface area contributed by atoms with Crippen LogP contribution in [-0.2, 0) is 25.5 Å². The molecule has 0 spiro atoms. The first-order valence-electron chi connectivity index (χ1n) is 8.16. The van der Waals surface area contributed by atoms with E-state index >= 15 is 0 Å². The van der Waals surface area contributed by atoms with Gasteiger partial charge in [0.15, 0.2) is 6.10 Å². The highest BCUT2D eigenvalue weighted by atomic mass is 16.6. The number of esters is 1. The number of nitrogens with one attached hydrogen (secondary N) is 1. The minimum Gasteiger partial charge on any atom is -0.467 e. The second kappa shape index (κ2) is 9.44. The predicted octanol–water partition coefficient (Wildman–Crippen LogP) is 2.18. The summed E-state index contributed by atoms with van der Waals surface area (Å²) in [7, 11) is 2.57. The molecule has 1 N–H and O–H groups in total. The third-order valence-electron chi connectivity index (χ3n) is 3.99. The average Bonchev–Trinajstić information content (AvgIpc) is 2.68. The quantitative estimate of drug-likeness (QED) is 0.432. The number of hydrogen-bond acceptors (Lipinski definition) is 6. The molecular weight excluding hydrogens is 352 g/mol. The molecule has 0 radical (unpaired) electrons. The molecule has 0 aliphatic heterocycles. The van der Waals surface area contributed by atoms with E-state index in [0.717, 1.165) is 0 Å². The summed E-state index contributed by atoms with van der Waals surface area (Å²) in [5.74, 6) is -1.25. The molecule has 27 heavy (non-hydrogen) atoms. The Bertz CT molecular complexity index is 809. The molecule has 2 atom stereocenters. The molecule has 0 saturated heterocycles. The molecule has 2 aromatic rings. The van der Waals surface area contributed by atoms with Crippen molar-refractivity contribution in [3.8, 4) is 0 Å². The number of nitro groups is 1. The number of hydrogen-bond donors (Lipinski definition) is 1. The van der Waals surface area contributed by atoms with Crippen LogP contribution in [0.1, 0.15) is 17.2 Å². The molecule has 8 heteroatoms. The van der Waals surface area contributed by atoms with Gasteiger partial charge in [-0.3, -0.25) is 14.9 Å². The molecule has 0 bridgehead atoms. The van der Waals surface area contributed by atoms with Gasteiger partial charge in [0, 0.05) is 25.2 Å². The lowest BCUT2D eigenvalue weighted by molar-refractivity contribution is -0.385. The third kappa shape index (κ3) is 5.11. The number of amides is 1. The molecule has 0 fully saturated rings. The van der Waals surface area contributed by atoms with E-state index in [0.29, 0.717) is 11.1 Å². The van der Waals surface area contributed by atoms with Crippen molar-refractivity contribution < 1.29 is 24.0 Å². The van der Waals surface area contributed by atoms with E-state index in [-0.39, 0.29) is 12.1 Å². The molecule has 0 unspecified atom stereocenters. The normalized spacial score (nSPS) is 12.7. The van der Waals surface area contributed by atoms with Crippen LogP contribution >= 0.6 is 0 Å². The number of carbonyl (C=O) groups excluding carboxylic acids is 2. The lowest BCUT2D eigenvalue weighted by Crippen LogP contribution is -2.45. The smallest absolute Gasteiger partial charge is 0.328 e. The lowest BCUT2D eigenvalue weighted by Gasteiger charge is -2.21. The number of rotatable bonds is 8. The van der Waals surface area contributed by atoms with Crippen molar-refractivity contribution in [2.45, 2.75) is 18.6 Å². The van der Waals surface area contributed by atoms with E-state index in [1.54, 1.807) is 36.4 Å². The lowest BCUT2D eigenvalue weighted by atomic mass is 10.0. The Kier molecular flexibility index (Phi) is 7.01. The highest BCUT2D eigenvalue weighted by Crippen LogP contribution is 2.21. The van der Waals surface area contributed by atoms with E-state index in [2.05, 4.69) is 5.32 Å². The Labute approximate surface area is 156 Å². The Morgan fingerprint density at radius 2 is 1.70 bits per heavy atom. The molecule has 8 nitrogen and oxygen atoms in total. The van der Waals surface area contributed by atoms with Crippen molar-refractivity contribution >= 4 is 17.6 Å². The Hall–Kier alpha value is -3.26. The molecule has 142 valence electrons. The largest absolute Gasteiger partial charge is 0.467 e. The van der Waals surface area contributed by atoms with Crippen molar-refractivity contribution in [1.29, 1.82) is 0 Å². The molecule has 2 aromatic carbocycles. The number of ether oxygens (including phenoxy) is 2. The van der Waals surface area contributed by atoms with Crippen LogP contribution in [0, 0.1) is 10.1 Å². The zero-order chi connectivity index (χ0) is 19.8. The highest BCUT2D eigenvalue weighted by Gasteiger charge is 2.29. The van der Waals surface area contributed by atoms with Crippen molar-refractivity contribution in [3.05, 3.63) is 75.8 Å². The Balaban J connectivity index is 2.23. The number of para-hydroxylation sites is 1. The minimum absolute atomic E-state index is 0.0825. The molecular formula is C19H20N2O6. The summed E-state index contributed by atoms with van der Waals surface area (Å²) in [6, 6.07) is 13.7. The first kappa shape index (κ1) is 20.1. The van der Waals surface area contributed by atoms with E-state index in [9.17, 15) is 19.7 Å². The topological polar surface area (TPSA) is 108 Å². The zero-order valence-electron chi connectivity index (χ0n) is 15.0. The van der Waals surface area contributed by atoms with Gasteiger partial charge in [-0.1, -0.05) is 48.5 Å². The molecule has 2 rings (SSSR count). The molecule has 0 aliphatic carbocycles. The third-order valence-corrected chi connectivity index (χ3v) is 3.99. The molecule has 0 saturated carbocycles. The van der Waals surface area contributed by atoms with Gasteiger partial charge in [0.05, 0.1) is 12.0 Å². The van der Waals surface area contributed by atoms with Crippen LogP contribution in [-0.4, -0.2) is 37.1 Å². The first-order chi connectivity index (χ1) is 13.0. The van der Waals surface area contributed by atoms with Crippen molar-refractivity contribution in [1.82, 2.24) is 5.32 Å². The van der Waals surface area contributed by atoms with Crippen molar-refractivity contribution in [3.63, 3.8) is 0 Å². The number of benzene rings is 2. The fraction of sp³-hybridized carbons (Fsp3) is 0.263. The Morgan fingerprint density at radius 3 is 2.30 bits per heavy atom. The van der Waals surface area contributed by atoms with E-state index in [1.165, 1.54) is 32.4 Å². The van der Waals surface area contributed by atoms with Gasteiger partial charge < -0.3 is 14.8 Å². The van der Waals surface area contributed by atoms with Crippen LogP contribution in [0.5, 0.6) is 0 Å². The van der Waals surface area contributed by atoms with Crippen LogP contribution in [0.2, 0.25) is 0 Å². The van der Waals surface area contributed by atoms with Gasteiger partial charge >= 0.3 is 5.97 Å². The number of nitro benzene ring substituents is 1. The number of nitrogens with zero attached hydrogens (tertiary/aromatic N) is 1. The van der Waals surface area contributed by atoms with Gasteiger partial charge in [-0.05, 0) is 5.56 Å². The zero-order valence-corrected chi connectivity index (χ0v) is 15.0. The van der Waals surface area contributed by atoms with Crippen LogP contribution < -0.4 is 5.32 Å². The maximum atomic E-state index is 12.6. The average molecular weight is 372 g/mol. The SMILES string of the molecule is COC(=O)[C@@H](Cc1ccccc1[N+](=O)[O-])NC(=O)[C@H](OC)c1ccccc1. The Morgan fingerprint density at radius 1 is 1.07 bits per heavy atom. The van der Waals surface area contributed by atoms with Gasteiger partial charge in [-0.25, -0.2) is 4.79 Å². The van der Waals surface area contributed by atoms with E-state index < -0.39 is 28.9 Å². The van der Waals surface area contributed by atoms with Gasteiger partial charge in [0.2, 0.25) is 0 Å². The highest BCUT2D eigenvalue weighted by molar-refractivity contribution is 5.88. The summed E-state index contributed by atoms with van der Waals surface area (Å²) in [5, 5.41) is 13.8.